The lowest BCUT2D eigenvalue weighted by molar-refractivity contribution is 0.142. The van der Waals surface area contributed by atoms with E-state index >= 15 is 0 Å². The van der Waals surface area contributed by atoms with Crippen LogP contribution < -0.4 is 5.32 Å². The normalized spacial score (nSPS) is 34.0. The van der Waals surface area contributed by atoms with Crippen LogP contribution in [0.3, 0.4) is 0 Å². The van der Waals surface area contributed by atoms with Crippen molar-refractivity contribution in [3.05, 3.63) is 28.8 Å². The van der Waals surface area contributed by atoms with Crippen LogP contribution >= 0.6 is 11.6 Å². The average molecular weight is 289 g/mol. The van der Waals surface area contributed by atoms with E-state index in [0.717, 1.165) is 11.6 Å². The first-order valence-electron chi connectivity index (χ1n) is 7.34. The molecule has 2 bridgehead atoms. The standard InChI is InChI=1S/C17H21ClN2/c1-16(2)12-6-7-17(16,3)15(9-12)20-13-4-5-14(18)11(8-13)10-19/h4-5,8,12,15,20H,6-7,9H2,1-3H3. The summed E-state index contributed by atoms with van der Waals surface area (Å²) in [5.74, 6) is 0.813. The lowest BCUT2D eigenvalue weighted by Crippen LogP contribution is -2.40. The van der Waals surface area contributed by atoms with Crippen molar-refractivity contribution in [2.24, 2.45) is 16.7 Å². The fourth-order valence-electron chi connectivity index (χ4n) is 4.32. The van der Waals surface area contributed by atoms with E-state index in [4.69, 9.17) is 16.9 Å². The molecule has 2 nitrogen and oxygen atoms in total. The molecule has 0 heterocycles. The maximum atomic E-state index is 9.08. The summed E-state index contributed by atoms with van der Waals surface area (Å²) in [6.07, 6.45) is 3.88. The molecule has 0 spiro atoms. The highest BCUT2D eigenvalue weighted by Crippen LogP contribution is 2.65. The molecular formula is C17H21ClN2. The molecule has 2 aliphatic rings. The Kier molecular flexibility index (Phi) is 3.03. The zero-order valence-corrected chi connectivity index (χ0v) is 13.1. The molecule has 2 aliphatic carbocycles. The van der Waals surface area contributed by atoms with Crippen molar-refractivity contribution < 1.29 is 0 Å². The minimum absolute atomic E-state index is 0.337. The van der Waals surface area contributed by atoms with Crippen molar-refractivity contribution >= 4 is 17.3 Å². The smallest absolute Gasteiger partial charge is 0.101 e. The van der Waals surface area contributed by atoms with E-state index in [0.29, 0.717) is 27.5 Å². The molecular weight excluding hydrogens is 268 g/mol. The van der Waals surface area contributed by atoms with Gasteiger partial charge in [0.05, 0.1) is 10.6 Å². The molecule has 0 saturated heterocycles. The third kappa shape index (κ3) is 1.76. The van der Waals surface area contributed by atoms with E-state index in [1.165, 1.54) is 19.3 Å². The molecule has 0 aromatic heterocycles. The Labute approximate surface area is 126 Å². The van der Waals surface area contributed by atoms with Gasteiger partial charge in [-0.15, -0.1) is 0 Å². The quantitative estimate of drug-likeness (QED) is 0.845. The second-order valence-corrected chi connectivity index (χ2v) is 7.52. The SMILES string of the molecule is CC1(C)C2CCC1(C)C(Nc1ccc(Cl)c(C#N)c1)C2. The van der Waals surface area contributed by atoms with E-state index in [-0.39, 0.29) is 0 Å². The van der Waals surface area contributed by atoms with E-state index < -0.39 is 0 Å². The number of fused-ring (bicyclic) bond motifs is 2. The summed E-state index contributed by atoms with van der Waals surface area (Å²) in [5, 5.41) is 13.3. The summed E-state index contributed by atoms with van der Waals surface area (Å²) in [6.45, 7) is 7.24. The summed E-state index contributed by atoms with van der Waals surface area (Å²) in [6, 6.07) is 8.29. The molecule has 20 heavy (non-hydrogen) atoms. The summed E-state index contributed by atoms with van der Waals surface area (Å²) >= 11 is 6.00. The van der Waals surface area contributed by atoms with E-state index in [2.05, 4.69) is 32.2 Å². The van der Waals surface area contributed by atoms with Crippen LogP contribution in [0.4, 0.5) is 5.69 Å². The molecule has 3 atom stereocenters. The molecule has 0 radical (unpaired) electrons. The Morgan fingerprint density at radius 1 is 1.35 bits per heavy atom. The van der Waals surface area contributed by atoms with Crippen LogP contribution in [-0.4, -0.2) is 6.04 Å². The van der Waals surface area contributed by atoms with E-state index in [1.807, 2.05) is 18.2 Å². The number of benzene rings is 1. The number of hydrogen-bond donors (Lipinski definition) is 1. The highest BCUT2D eigenvalue weighted by molar-refractivity contribution is 6.31. The number of rotatable bonds is 2. The maximum Gasteiger partial charge on any atom is 0.101 e. The van der Waals surface area contributed by atoms with Gasteiger partial charge in [-0.1, -0.05) is 32.4 Å². The minimum Gasteiger partial charge on any atom is -0.382 e. The molecule has 0 amide bonds. The third-order valence-corrected chi connectivity index (χ3v) is 6.55. The number of nitrogens with zero attached hydrogens (tertiary/aromatic N) is 1. The molecule has 3 heteroatoms. The fraction of sp³-hybridized carbons (Fsp3) is 0.588. The lowest BCUT2D eigenvalue weighted by Gasteiger charge is -2.40. The molecule has 2 saturated carbocycles. The Morgan fingerprint density at radius 3 is 2.65 bits per heavy atom. The average Bonchev–Trinajstić information content (AvgIpc) is 2.74. The van der Waals surface area contributed by atoms with Crippen LogP contribution in [0, 0.1) is 28.1 Å². The van der Waals surface area contributed by atoms with Gasteiger partial charge < -0.3 is 5.32 Å². The number of halogens is 1. The molecule has 3 rings (SSSR count). The van der Waals surface area contributed by atoms with Crippen LogP contribution in [0.1, 0.15) is 45.6 Å². The third-order valence-electron chi connectivity index (χ3n) is 6.22. The predicted octanol–water partition coefficient (Wildman–Crippen LogP) is 4.84. The summed E-state index contributed by atoms with van der Waals surface area (Å²) in [5.41, 5.74) is 2.30. The highest BCUT2D eigenvalue weighted by atomic mass is 35.5. The van der Waals surface area contributed by atoms with Crippen molar-refractivity contribution in [1.29, 1.82) is 5.26 Å². The van der Waals surface area contributed by atoms with Gasteiger partial charge in [0.15, 0.2) is 0 Å². The molecule has 1 aromatic carbocycles. The van der Waals surface area contributed by atoms with Gasteiger partial charge in [-0.3, -0.25) is 0 Å². The van der Waals surface area contributed by atoms with Crippen LogP contribution in [0.5, 0.6) is 0 Å². The van der Waals surface area contributed by atoms with Gasteiger partial charge >= 0.3 is 0 Å². The van der Waals surface area contributed by atoms with Crippen molar-refractivity contribution in [3.63, 3.8) is 0 Å². The first-order valence-corrected chi connectivity index (χ1v) is 7.72. The summed E-state index contributed by atoms with van der Waals surface area (Å²) in [7, 11) is 0. The monoisotopic (exact) mass is 288 g/mol. The van der Waals surface area contributed by atoms with E-state index in [9.17, 15) is 0 Å². The van der Waals surface area contributed by atoms with Crippen LogP contribution in [0.25, 0.3) is 0 Å². The van der Waals surface area contributed by atoms with Gasteiger partial charge in [0.2, 0.25) is 0 Å². The van der Waals surface area contributed by atoms with E-state index in [1.54, 1.807) is 0 Å². The molecule has 0 aliphatic heterocycles. The van der Waals surface area contributed by atoms with Gasteiger partial charge in [0.1, 0.15) is 6.07 Å². The largest absolute Gasteiger partial charge is 0.382 e. The minimum atomic E-state index is 0.337. The first-order chi connectivity index (χ1) is 9.38. The van der Waals surface area contributed by atoms with Crippen molar-refractivity contribution in [2.75, 3.05) is 5.32 Å². The summed E-state index contributed by atoms with van der Waals surface area (Å²) in [4.78, 5) is 0. The number of anilines is 1. The molecule has 3 unspecified atom stereocenters. The zero-order chi connectivity index (χ0) is 14.5. The topological polar surface area (TPSA) is 35.8 Å². The van der Waals surface area contributed by atoms with Crippen LogP contribution in [0.2, 0.25) is 5.02 Å². The zero-order valence-electron chi connectivity index (χ0n) is 12.3. The van der Waals surface area contributed by atoms with Crippen molar-refractivity contribution in [1.82, 2.24) is 0 Å². The van der Waals surface area contributed by atoms with Gasteiger partial charge in [-0.2, -0.15) is 5.26 Å². The molecule has 1 N–H and O–H groups in total. The second-order valence-electron chi connectivity index (χ2n) is 7.11. The second kappa shape index (κ2) is 4.40. The maximum absolute atomic E-state index is 9.08. The van der Waals surface area contributed by atoms with Crippen LogP contribution in [0.15, 0.2) is 18.2 Å². The van der Waals surface area contributed by atoms with Gasteiger partial charge in [-0.25, -0.2) is 0 Å². The van der Waals surface area contributed by atoms with Gasteiger partial charge in [0.25, 0.3) is 0 Å². The predicted molar refractivity (Wildman–Crippen MR) is 82.8 cm³/mol. The molecule has 1 aromatic rings. The Bertz CT molecular complexity index is 587. The lowest BCUT2D eigenvalue weighted by atomic mass is 9.69. The first kappa shape index (κ1) is 13.8. The Morgan fingerprint density at radius 2 is 2.10 bits per heavy atom. The molecule has 106 valence electrons. The van der Waals surface area contributed by atoms with Gasteiger partial charge in [0, 0.05) is 11.7 Å². The van der Waals surface area contributed by atoms with Crippen molar-refractivity contribution in [2.45, 2.75) is 46.1 Å². The number of nitrogens with one attached hydrogen (secondary N) is 1. The number of nitriles is 1. The fourth-order valence-corrected chi connectivity index (χ4v) is 4.48. The Hall–Kier alpha value is -1.20. The number of hydrogen-bond acceptors (Lipinski definition) is 2. The highest BCUT2D eigenvalue weighted by Gasteiger charge is 2.61. The summed E-state index contributed by atoms with van der Waals surface area (Å²) < 4.78 is 0. The molecule has 2 fully saturated rings. The van der Waals surface area contributed by atoms with Crippen molar-refractivity contribution in [3.8, 4) is 6.07 Å². The Balaban J connectivity index is 1.85. The van der Waals surface area contributed by atoms with Gasteiger partial charge in [-0.05, 0) is 54.2 Å². The van der Waals surface area contributed by atoms with Crippen LogP contribution in [-0.2, 0) is 0 Å².